The summed E-state index contributed by atoms with van der Waals surface area (Å²) in [6.45, 7) is 3.84. The van der Waals surface area contributed by atoms with Crippen LogP contribution in [0.3, 0.4) is 0 Å². The van der Waals surface area contributed by atoms with E-state index in [9.17, 15) is 19.2 Å². The molecule has 4 rings (SSSR count). The number of anilines is 1. The van der Waals surface area contributed by atoms with Crippen LogP contribution < -0.4 is 10.6 Å². The van der Waals surface area contributed by atoms with E-state index in [2.05, 4.69) is 10.6 Å². The molecule has 0 aliphatic carbocycles. The van der Waals surface area contributed by atoms with Gasteiger partial charge in [0.2, 0.25) is 0 Å². The lowest BCUT2D eigenvalue weighted by Gasteiger charge is -2.15. The van der Waals surface area contributed by atoms with Crippen molar-refractivity contribution in [3.05, 3.63) is 101 Å². The van der Waals surface area contributed by atoms with E-state index >= 15 is 0 Å². The number of hydrogen-bond donors (Lipinski definition) is 2. The number of fused-ring (bicyclic) bond motifs is 1. The summed E-state index contributed by atoms with van der Waals surface area (Å²) in [5.41, 5.74) is 2.70. The second kappa shape index (κ2) is 9.08. The van der Waals surface area contributed by atoms with E-state index in [1.165, 1.54) is 4.90 Å². The highest BCUT2D eigenvalue weighted by Gasteiger charge is 2.34. The maximum atomic E-state index is 12.8. The number of hydrogen-bond acceptors (Lipinski definition) is 4. The fraction of sp³-hybridized carbons (Fsp3) is 0.154. The number of amides is 4. The van der Waals surface area contributed by atoms with Gasteiger partial charge in [-0.1, -0.05) is 36.4 Å². The average Bonchev–Trinajstić information content (AvgIpc) is 3.04. The molecule has 166 valence electrons. The van der Waals surface area contributed by atoms with Gasteiger partial charge in [-0.2, -0.15) is 0 Å². The van der Waals surface area contributed by atoms with Gasteiger partial charge in [0.05, 0.1) is 28.9 Å². The summed E-state index contributed by atoms with van der Waals surface area (Å²) >= 11 is 0. The fourth-order valence-corrected chi connectivity index (χ4v) is 3.65. The number of nitrogens with zero attached hydrogens (tertiary/aromatic N) is 1. The first-order valence-corrected chi connectivity index (χ1v) is 10.6. The highest BCUT2D eigenvalue weighted by atomic mass is 16.2. The van der Waals surface area contributed by atoms with Crippen molar-refractivity contribution in [3.8, 4) is 0 Å². The molecule has 0 atom stereocenters. The number of rotatable bonds is 6. The van der Waals surface area contributed by atoms with Crippen molar-refractivity contribution in [2.75, 3.05) is 5.32 Å². The molecule has 0 unspecified atom stereocenters. The molecular formula is C26H23N3O4. The second-order valence-electron chi connectivity index (χ2n) is 8.07. The van der Waals surface area contributed by atoms with Gasteiger partial charge in [0.25, 0.3) is 23.6 Å². The Labute approximate surface area is 191 Å². The quantitative estimate of drug-likeness (QED) is 0.568. The van der Waals surface area contributed by atoms with Gasteiger partial charge in [0.1, 0.15) is 0 Å². The van der Waals surface area contributed by atoms with Crippen LogP contribution in [0.5, 0.6) is 0 Å². The minimum absolute atomic E-state index is 0.0315. The van der Waals surface area contributed by atoms with E-state index in [0.717, 1.165) is 5.56 Å². The molecule has 0 saturated heterocycles. The third-order valence-electron chi connectivity index (χ3n) is 5.27. The van der Waals surface area contributed by atoms with Crippen molar-refractivity contribution >= 4 is 29.3 Å². The minimum atomic E-state index is -0.368. The molecule has 1 heterocycles. The van der Waals surface area contributed by atoms with Crippen molar-refractivity contribution in [1.82, 2.24) is 10.2 Å². The Morgan fingerprint density at radius 3 is 1.97 bits per heavy atom. The lowest BCUT2D eigenvalue weighted by molar-refractivity contribution is 0.0641. The topological polar surface area (TPSA) is 95.6 Å². The fourth-order valence-electron chi connectivity index (χ4n) is 3.65. The van der Waals surface area contributed by atoms with Gasteiger partial charge in [-0.05, 0) is 55.8 Å². The predicted molar refractivity (Wildman–Crippen MR) is 124 cm³/mol. The van der Waals surface area contributed by atoms with Gasteiger partial charge in [-0.3, -0.25) is 24.1 Å². The molecule has 3 aromatic rings. The Balaban J connectivity index is 1.46. The standard InChI is InChI=1S/C26H23N3O4/c1-16(2)27-24(31)21-9-5-6-10-22(21)28-23(30)18-13-11-17(12-14-18)15-29-25(32)19-7-3-4-8-20(19)26(29)33/h3-14,16H,15H2,1-2H3,(H,27,31)(H,28,30). The number of carbonyl (C=O) groups excluding carboxylic acids is 4. The summed E-state index contributed by atoms with van der Waals surface area (Å²) in [7, 11) is 0. The van der Waals surface area contributed by atoms with Crippen LogP contribution >= 0.6 is 0 Å². The van der Waals surface area contributed by atoms with E-state index < -0.39 is 0 Å². The van der Waals surface area contributed by atoms with E-state index in [1.807, 2.05) is 13.8 Å². The molecule has 0 aromatic heterocycles. The van der Waals surface area contributed by atoms with Crippen LogP contribution in [0.2, 0.25) is 0 Å². The average molecular weight is 441 g/mol. The summed E-state index contributed by atoms with van der Waals surface area (Å²) in [4.78, 5) is 51.5. The van der Waals surface area contributed by atoms with E-state index in [1.54, 1.807) is 72.8 Å². The molecule has 1 aliphatic heterocycles. The van der Waals surface area contributed by atoms with Crippen LogP contribution in [0.15, 0.2) is 72.8 Å². The van der Waals surface area contributed by atoms with E-state index in [-0.39, 0.29) is 36.2 Å². The Hall–Kier alpha value is -4.26. The van der Waals surface area contributed by atoms with Gasteiger partial charge in [-0.25, -0.2) is 0 Å². The van der Waals surface area contributed by atoms with Crippen LogP contribution in [0.4, 0.5) is 5.69 Å². The molecule has 0 saturated carbocycles. The first kappa shape index (κ1) is 22.0. The van der Waals surface area contributed by atoms with Gasteiger partial charge < -0.3 is 10.6 Å². The number of nitrogens with one attached hydrogen (secondary N) is 2. The molecule has 4 amide bonds. The molecular weight excluding hydrogens is 418 g/mol. The number of carbonyl (C=O) groups is 4. The van der Waals surface area contributed by atoms with Gasteiger partial charge >= 0.3 is 0 Å². The predicted octanol–water partition coefficient (Wildman–Crippen LogP) is 3.87. The minimum Gasteiger partial charge on any atom is -0.350 e. The molecule has 0 fully saturated rings. The third kappa shape index (κ3) is 4.52. The second-order valence-corrected chi connectivity index (χ2v) is 8.07. The van der Waals surface area contributed by atoms with E-state index in [0.29, 0.717) is 27.9 Å². The monoisotopic (exact) mass is 441 g/mol. The van der Waals surface area contributed by atoms with Gasteiger partial charge in [-0.15, -0.1) is 0 Å². The summed E-state index contributed by atoms with van der Waals surface area (Å²) in [6.07, 6.45) is 0. The maximum absolute atomic E-state index is 12.8. The molecule has 33 heavy (non-hydrogen) atoms. The van der Waals surface area contributed by atoms with Crippen LogP contribution in [-0.4, -0.2) is 34.6 Å². The Kier molecular flexibility index (Phi) is 6.04. The van der Waals surface area contributed by atoms with Crippen LogP contribution in [-0.2, 0) is 6.54 Å². The Morgan fingerprint density at radius 2 is 1.36 bits per heavy atom. The third-order valence-corrected chi connectivity index (χ3v) is 5.27. The van der Waals surface area contributed by atoms with Crippen LogP contribution in [0, 0.1) is 0 Å². The molecule has 0 radical (unpaired) electrons. The number of benzene rings is 3. The van der Waals surface area contributed by atoms with Crippen molar-refractivity contribution in [1.29, 1.82) is 0 Å². The molecule has 7 nitrogen and oxygen atoms in total. The summed E-state index contributed by atoms with van der Waals surface area (Å²) in [6, 6.07) is 20.2. The largest absolute Gasteiger partial charge is 0.350 e. The van der Waals surface area contributed by atoms with Gasteiger partial charge in [0.15, 0.2) is 0 Å². The SMILES string of the molecule is CC(C)NC(=O)c1ccccc1NC(=O)c1ccc(CN2C(=O)c3ccccc3C2=O)cc1. The van der Waals surface area contributed by atoms with Gasteiger partial charge in [0, 0.05) is 11.6 Å². The van der Waals surface area contributed by atoms with Crippen LogP contribution in [0.25, 0.3) is 0 Å². The zero-order valence-electron chi connectivity index (χ0n) is 18.3. The Bertz CT molecular complexity index is 1210. The Morgan fingerprint density at radius 1 is 0.788 bits per heavy atom. The van der Waals surface area contributed by atoms with Crippen molar-refractivity contribution in [2.24, 2.45) is 0 Å². The van der Waals surface area contributed by atoms with Crippen molar-refractivity contribution in [2.45, 2.75) is 26.4 Å². The summed E-state index contributed by atoms with van der Waals surface area (Å²) in [5.74, 6) is -1.29. The molecule has 0 bridgehead atoms. The molecule has 1 aliphatic rings. The highest BCUT2D eigenvalue weighted by Crippen LogP contribution is 2.24. The first-order chi connectivity index (χ1) is 15.8. The smallest absolute Gasteiger partial charge is 0.261 e. The molecule has 3 aromatic carbocycles. The van der Waals surface area contributed by atoms with E-state index in [4.69, 9.17) is 0 Å². The zero-order valence-corrected chi connectivity index (χ0v) is 18.3. The normalized spacial score (nSPS) is 12.6. The zero-order chi connectivity index (χ0) is 23.5. The summed E-state index contributed by atoms with van der Waals surface area (Å²) < 4.78 is 0. The maximum Gasteiger partial charge on any atom is 0.261 e. The van der Waals surface area contributed by atoms with Crippen molar-refractivity contribution < 1.29 is 19.2 Å². The number of imide groups is 1. The first-order valence-electron chi connectivity index (χ1n) is 10.6. The molecule has 0 spiro atoms. The van der Waals surface area contributed by atoms with Crippen LogP contribution in [0.1, 0.15) is 60.8 Å². The summed E-state index contributed by atoms with van der Waals surface area (Å²) in [5, 5.41) is 5.60. The molecule has 2 N–H and O–H groups in total. The number of para-hydroxylation sites is 1. The molecule has 7 heteroatoms. The highest BCUT2D eigenvalue weighted by molar-refractivity contribution is 6.21. The lowest BCUT2D eigenvalue weighted by atomic mass is 10.1. The lowest BCUT2D eigenvalue weighted by Crippen LogP contribution is -2.31. The van der Waals surface area contributed by atoms with Crippen molar-refractivity contribution in [3.63, 3.8) is 0 Å².